The monoisotopic (exact) mass is 247 g/mol. The van der Waals surface area contributed by atoms with Crippen LogP contribution in [-0.2, 0) is 4.79 Å². The van der Waals surface area contributed by atoms with E-state index in [1.54, 1.807) is 13.0 Å². The lowest BCUT2D eigenvalue weighted by atomic mass is 9.97. The number of nitrogens with one attached hydrogen (secondary N) is 1. The predicted molar refractivity (Wildman–Crippen MR) is 74.0 cm³/mol. The first-order chi connectivity index (χ1) is 8.39. The molecule has 0 saturated heterocycles. The van der Waals surface area contributed by atoms with E-state index in [9.17, 15) is 9.90 Å². The Morgan fingerprint density at radius 1 is 1.39 bits per heavy atom. The first kappa shape index (κ1) is 14.5. The number of rotatable bonds is 5. The van der Waals surface area contributed by atoms with Crippen LogP contribution in [0.15, 0.2) is 36.4 Å². The third-order valence-electron chi connectivity index (χ3n) is 2.49. The van der Waals surface area contributed by atoms with Crippen LogP contribution < -0.4 is 5.32 Å². The highest BCUT2D eigenvalue weighted by atomic mass is 16.3. The summed E-state index contributed by atoms with van der Waals surface area (Å²) >= 11 is 0. The first-order valence-corrected chi connectivity index (χ1v) is 6.12. The maximum Gasteiger partial charge on any atom is 0.244 e. The zero-order valence-corrected chi connectivity index (χ0v) is 11.2. The summed E-state index contributed by atoms with van der Waals surface area (Å²) in [5, 5.41) is 12.2. The minimum atomic E-state index is -0.432. The second-order valence-electron chi connectivity index (χ2n) is 5.17. The van der Waals surface area contributed by atoms with Gasteiger partial charge in [0.2, 0.25) is 5.91 Å². The fourth-order valence-electron chi connectivity index (χ4n) is 1.90. The lowest BCUT2D eigenvalue weighted by Crippen LogP contribution is -2.44. The maximum absolute atomic E-state index is 11.7. The highest BCUT2D eigenvalue weighted by molar-refractivity contribution is 5.92. The lowest BCUT2D eigenvalue weighted by Gasteiger charge is -2.26. The van der Waals surface area contributed by atoms with Crippen molar-refractivity contribution in [3.05, 3.63) is 42.0 Å². The Labute approximate surface area is 109 Å². The van der Waals surface area contributed by atoms with E-state index in [0.717, 1.165) is 5.56 Å². The Kier molecular flexibility index (Phi) is 5.10. The molecule has 0 fully saturated rings. The van der Waals surface area contributed by atoms with Gasteiger partial charge in [0.15, 0.2) is 0 Å². The molecule has 3 heteroatoms. The van der Waals surface area contributed by atoms with Crippen LogP contribution in [0.1, 0.15) is 32.8 Å². The molecular weight excluding hydrogens is 226 g/mol. The quantitative estimate of drug-likeness (QED) is 0.785. The summed E-state index contributed by atoms with van der Waals surface area (Å²) in [6.07, 6.45) is 3.38. The number of aliphatic hydroxyl groups is 1. The maximum atomic E-state index is 11.7. The van der Waals surface area contributed by atoms with Crippen LogP contribution >= 0.6 is 0 Å². The van der Waals surface area contributed by atoms with E-state index in [2.05, 4.69) is 5.32 Å². The summed E-state index contributed by atoms with van der Waals surface area (Å²) < 4.78 is 0. The number of hydrogen-bond acceptors (Lipinski definition) is 2. The van der Waals surface area contributed by atoms with Crippen molar-refractivity contribution in [2.24, 2.45) is 0 Å². The van der Waals surface area contributed by atoms with Crippen LogP contribution in [0.5, 0.6) is 0 Å². The van der Waals surface area contributed by atoms with Gasteiger partial charge in [-0.1, -0.05) is 30.3 Å². The normalized spacial score (nSPS) is 13.6. The third-order valence-corrected chi connectivity index (χ3v) is 2.49. The second-order valence-corrected chi connectivity index (χ2v) is 5.17. The van der Waals surface area contributed by atoms with Gasteiger partial charge in [0.05, 0.1) is 6.10 Å². The molecule has 98 valence electrons. The number of aliphatic hydroxyl groups excluding tert-OH is 1. The molecule has 0 aliphatic carbocycles. The molecule has 1 unspecified atom stereocenters. The lowest BCUT2D eigenvalue weighted by molar-refractivity contribution is -0.118. The van der Waals surface area contributed by atoms with Gasteiger partial charge in [0.1, 0.15) is 0 Å². The summed E-state index contributed by atoms with van der Waals surface area (Å²) in [4.78, 5) is 11.7. The molecule has 0 saturated carbocycles. The minimum Gasteiger partial charge on any atom is -0.393 e. The van der Waals surface area contributed by atoms with Gasteiger partial charge in [-0.05, 0) is 38.8 Å². The summed E-state index contributed by atoms with van der Waals surface area (Å²) in [5.74, 6) is -0.149. The molecular formula is C15H21NO2. The topological polar surface area (TPSA) is 49.3 Å². The van der Waals surface area contributed by atoms with E-state index in [1.165, 1.54) is 6.08 Å². The number of amides is 1. The molecule has 1 atom stereocenters. The smallest absolute Gasteiger partial charge is 0.244 e. The SMILES string of the molecule is CC(O)CC(C)(C)NC(=O)/C=C/c1ccccc1. The van der Waals surface area contributed by atoms with Gasteiger partial charge in [-0.3, -0.25) is 4.79 Å². The average molecular weight is 247 g/mol. The van der Waals surface area contributed by atoms with Crippen molar-refractivity contribution in [1.82, 2.24) is 5.32 Å². The van der Waals surface area contributed by atoms with Gasteiger partial charge >= 0.3 is 0 Å². The van der Waals surface area contributed by atoms with E-state index in [1.807, 2.05) is 44.2 Å². The molecule has 1 amide bonds. The van der Waals surface area contributed by atoms with Gasteiger partial charge in [0, 0.05) is 11.6 Å². The van der Waals surface area contributed by atoms with Gasteiger partial charge in [-0.15, -0.1) is 0 Å². The van der Waals surface area contributed by atoms with Crippen LogP contribution in [0.2, 0.25) is 0 Å². The van der Waals surface area contributed by atoms with Gasteiger partial charge in [0.25, 0.3) is 0 Å². The van der Waals surface area contributed by atoms with Crippen molar-refractivity contribution in [2.45, 2.75) is 38.8 Å². The number of carbonyl (C=O) groups is 1. The molecule has 0 aliphatic heterocycles. The number of hydrogen-bond donors (Lipinski definition) is 2. The van der Waals surface area contributed by atoms with Crippen molar-refractivity contribution in [2.75, 3.05) is 0 Å². The fourth-order valence-corrected chi connectivity index (χ4v) is 1.90. The Bertz CT molecular complexity index is 408. The number of carbonyl (C=O) groups excluding carboxylic acids is 1. The third kappa shape index (κ3) is 5.64. The number of benzene rings is 1. The molecule has 0 heterocycles. The molecule has 0 aromatic heterocycles. The predicted octanol–water partition coefficient (Wildman–Crippen LogP) is 2.37. The summed E-state index contributed by atoms with van der Waals surface area (Å²) in [7, 11) is 0. The molecule has 0 radical (unpaired) electrons. The van der Waals surface area contributed by atoms with Crippen molar-refractivity contribution in [1.29, 1.82) is 0 Å². The zero-order valence-electron chi connectivity index (χ0n) is 11.2. The molecule has 18 heavy (non-hydrogen) atoms. The highest BCUT2D eigenvalue weighted by Crippen LogP contribution is 2.11. The Morgan fingerprint density at radius 2 is 2.00 bits per heavy atom. The second kappa shape index (κ2) is 6.36. The van der Waals surface area contributed by atoms with Gasteiger partial charge in [-0.25, -0.2) is 0 Å². The van der Waals surface area contributed by atoms with Crippen LogP contribution in [0.25, 0.3) is 6.08 Å². The Morgan fingerprint density at radius 3 is 2.56 bits per heavy atom. The molecule has 0 aliphatic rings. The van der Waals surface area contributed by atoms with E-state index < -0.39 is 11.6 Å². The van der Waals surface area contributed by atoms with Crippen LogP contribution in [0.3, 0.4) is 0 Å². The fraction of sp³-hybridized carbons (Fsp3) is 0.400. The Hall–Kier alpha value is -1.61. The van der Waals surface area contributed by atoms with Crippen molar-refractivity contribution < 1.29 is 9.90 Å². The largest absolute Gasteiger partial charge is 0.393 e. The van der Waals surface area contributed by atoms with E-state index in [0.29, 0.717) is 6.42 Å². The minimum absolute atomic E-state index is 0.149. The van der Waals surface area contributed by atoms with Crippen molar-refractivity contribution >= 4 is 12.0 Å². The summed E-state index contributed by atoms with van der Waals surface area (Å²) in [6, 6.07) is 9.66. The van der Waals surface area contributed by atoms with E-state index in [-0.39, 0.29) is 5.91 Å². The van der Waals surface area contributed by atoms with Crippen LogP contribution in [0.4, 0.5) is 0 Å². The molecule has 3 nitrogen and oxygen atoms in total. The highest BCUT2D eigenvalue weighted by Gasteiger charge is 2.21. The van der Waals surface area contributed by atoms with Crippen molar-refractivity contribution in [3.8, 4) is 0 Å². The first-order valence-electron chi connectivity index (χ1n) is 6.12. The summed E-state index contributed by atoms with van der Waals surface area (Å²) in [6.45, 7) is 5.51. The molecule has 0 spiro atoms. The van der Waals surface area contributed by atoms with E-state index in [4.69, 9.17) is 0 Å². The van der Waals surface area contributed by atoms with E-state index >= 15 is 0 Å². The molecule has 1 aromatic rings. The molecule has 1 rings (SSSR count). The molecule has 0 bridgehead atoms. The zero-order chi connectivity index (χ0) is 13.6. The van der Waals surface area contributed by atoms with Gasteiger partial charge < -0.3 is 10.4 Å². The van der Waals surface area contributed by atoms with Crippen LogP contribution in [-0.4, -0.2) is 22.7 Å². The summed E-state index contributed by atoms with van der Waals surface area (Å²) in [5.41, 5.74) is 0.577. The Balaban J connectivity index is 2.54. The standard InChI is InChI=1S/C15H21NO2/c1-12(17)11-15(2,3)16-14(18)10-9-13-7-5-4-6-8-13/h4-10,12,17H,11H2,1-3H3,(H,16,18)/b10-9+. The van der Waals surface area contributed by atoms with Gasteiger partial charge in [-0.2, -0.15) is 0 Å². The molecule has 1 aromatic carbocycles. The van der Waals surface area contributed by atoms with Crippen molar-refractivity contribution in [3.63, 3.8) is 0 Å². The average Bonchev–Trinajstić information content (AvgIpc) is 2.25. The molecule has 2 N–H and O–H groups in total. The van der Waals surface area contributed by atoms with Crippen LogP contribution in [0, 0.1) is 0 Å².